The highest BCUT2D eigenvalue weighted by Crippen LogP contribution is 2.15. The van der Waals surface area contributed by atoms with E-state index in [9.17, 15) is 4.79 Å². The fourth-order valence-electron chi connectivity index (χ4n) is 3.51. The van der Waals surface area contributed by atoms with Crippen LogP contribution in [0.25, 0.3) is 0 Å². The van der Waals surface area contributed by atoms with Gasteiger partial charge in [-0.3, -0.25) is 14.7 Å². The molecule has 1 heterocycles. The van der Waals surface area contributed by atoms with Gasteiger partial charge < -0.3 is 20.3 Å². The van der Waals surface area contributed by atoms with Crippen molar-refractivity contribution in [3.8, 4) is 0 Å². The Balaban J connectivity index is 1.77. The number of aliphatic imine (C=N–C) groups is 1. The maximum absolute atomic E-state index is 12.1. The minimum Gasteiger partial charge on any atom is -0.383 e. The maximum Gasteiger partial charge on any atom is 0.253 e. The molecule has 1 amide bonds. The molecule has 1 fully saturated rings. The van der Waals surface area contributed by atoms with Crippen molar-refractivity contribution in [1.29, 1.82) is 0 Å². The number of hydrogen-bond donors (Lipinski definition) is 2. The molecule has 1 unspecified atom stereocenters. The van der Waals surface area contributed by atoms with Gasteiger partial charge in [-0.1, -0.05) is 12.1 Å². The van der Waals surface area contributed by atoms with E-state index in [-0.39, 0.29) is 5.91 Å². The average molecular weight is 390 g/mol. The Morgan fingerprint density at radius 2 is 2.18 bits per heavy atom. The Morgan fingerprint density at radius 3 is 2.89 bits per heavy atom. The third kappa shape index (κ3) is 6.80. The molecule has 7 heteroatoms. The Bertz CT molecular complexity index is 647. The van der Waals surface area contributed by atoms with E-state index in [4.69, 9.17) is 4.74 Å². The number of nitrogens with zero attached hydrogens (tertiary/aromatic N) is 3. The van der Waals surface area contributed by atoms with Crippen molar-refractivity contribution in [3.05, 3.63) is 35.4 Å². The van der Waals surface area contributed by atoms with Crippen LogP contribution in [0.5, 0.6) is 0 Å². The molecule has 7 nitrogen and oxygen atoms in total. The first-order valence-electron chi connectivity index (χ1n) is 10.0. The van der Waals surface area contributed by atoms with Crippen molar-refractivity contribution < 1.29 is 9.53 Å². The zero-order chi connectivity index (χ0) is 20.4. The normalized spacial score (nSPS) is 17.6. The first kappa shape index (κ1) is 22.2. The zero-order valence-corrected chi connectivity index (χ0v) is 17.7. The standard InChI is InChI=1S/C21H35N5O2/c1-22-21(24-16-19-9-6-12-26(19)13-14-28-4)23-11-10-17-7-5-8-18(15-17)20(27)25(2)3/h5,7-8,15,19H,6,9-14,16H2,1-4H3,(H2,22,23,24). The summed E-state index contributed by atoms with van der Waals surface area (Å²) in [6.45, 7) is 4.55. The Hall–Kier alpha value is -2.12. The number of nitrogens with one attached hydrogen (secondary N) is 2. The van der Waals surface area contributed by atoms with E-state index in [1.165, 1.54) is 12.8 Å². The summed E-state index contributed by atoms with van der Waals surface area (Å²) in [6.07, 6.45) is 3.28. The summed E-state index contributed by atoms with van der Waals surface area (Å²) in [7, 11) is 7.09. The average Bonchev–Trinajstić information content (AvgIpc) is 3.15. The van der Waals surface area contributed by atoms with Gasteiger partial charge >= 0.3 is 0 Å². The van der Waals surface area contributed by atoms with E-state index in [0.717, 1.165) is 56.3 Å². The van der Waals surface area contributed by atoms with Crippen LogP contribution >= 0.6 is 0 Å². The molecule has 1 saturated heterocycles. The lowest BCUT2D eigenvalue weighted by Gasteiger charge is -2.25. The van der Waals surface area contributed by atoms with Crippen LogP contribution in [0.2, 0.25) is 0 Å². The molecule has 1 aliphatic heterocycles. The smallest absolute Gasteiger partial charge is 0.253 e. The first-order chi connectivity index (χ1) is 13.5. The minimum atomic E-state index is 0.0295. The van der Waals surface area contributed by atoms with Gasteiger partial charge in [0.15, 0.2) is 5.96 Å². The SMILES string of the molecule is CN=C(NCCc1cccc(C(=O)N(C)C)c1)NCC1CCCN1CCOC. The van der Waals surface area contributed by atoms with Gasteiger partial charge in [0, 0.05) is 59.5 Å². The van der Waals surface area contributed by atoms with Crippen LogP contribution in [-0.4, -0.2) is 88.7 Å². The number of amides is 1. The van der Waals surface area contributed by atoms with Gasteiger partial charge in [0.05, 0.1) is 6.61 Å². The molecule has 156 valence electrons. The molecule has 1 aromatic carbocycles. The highest BCUT2D eigenvalue weighted by Gasteiger charge is 2.23. The van der Waals surface area contributed by atoms with Gasteiger partial charge in [-0.25, -0.2) is 0 Å². The molecule has 0 radical (unpaired) electrons. The van der Waals surface area contributed by atoms with Crippen molar-refractivity contribution in [3.63, 3.8) is 0 Å². The number of hydrogen-bond acceptors (Lipinski definition) is 4. The molecular formula is C21H35N5O2. The number of ether oxygens (including phenoxy) is 1. The molecular weight excluding hydrogens is 354 g/mol. The van der Waals surface area contributed by atoms with Gasteiger partial charge in [0.2, 0.25) is 0 Å². The Morgan fingerprint density at radius 1 is 1.36 bits per heavy atom. The van der Waals surface area contributed by atoms with E-state index in [1.54, 1.807) is 33.2 Å². The predicted molar refractivity (Wildman–Crippen MR) is 114 cm³/mol. The van der Waals surface area contributed by atoms with Gasteiger partial charge in [0.25, 0.3) is 5.91 Å². The number of rotatable bonds is 9. The quantitative estimate of drug-likeness (QED) is 0.491. The van der Waals surface area contributed by atoms with Crippen molar-refractivity contribution in [2.45, 2.75) is 25.3 Å². The Labute approximate surface area is 169 Å². The summed E-state index contributed by atoms with van der Waals surface area (Å²) in [4.78, 5) is 20.5. The van der Waals surface area contributed by atoms with E-state index >= 15 is 0 Å². The van der Waals surface area contributed by atoms with E-state index in [2.05, 4.69) is 26.6 Å². The second-order valence-electron chi connectivity index (χ2n) is 7.35. The van der Waals surface area contributed by atoms with Crippen molar-refractivity contribution in [1.82, 2.24) is 20.4 Å². The van der Waals surface area contributed by atoms with Gasteiger partial charge in [-0.15, -0.1) is 0 Å². The summed E-state index contributed by atoms with van der Waals surface area (Å²) >= 11 is 0. The molecule has 2 N–H and O–H groups in total. The number of guanidine groups is 1. The number of carbonyl (C=O) groups excluding carboxylic acids is 1. The lowest BCUT2D eigenvalue weighted by molar-refractivity contribution is 0.0827. The van der Waals surface area contributed by atoms with Crippen LogP contribution in [0.4, 0.5) is 0 Å². The third-order valence-electron chi connectivity index (χ3n) is 5.10. The fraction of sp³-hybridized carbons (Fsp3) is 0.619. The van der Waals surface area contributed by atoms with Gasteiger partial charge in [-0.2, -0.15) is 0 Å². The maximum atomic E-state index is 12.1. The van der Waals surface area contributed by atoms with Crippen molar-refractivity contribution in [2.75, 3.05) is 61.0 Å². The van der Waals surface area contributed by atoms with Crippen molar-refractivity contribution >= 4 is 11.9 Å². The highest BCUT2D eigenvalue weighted by molar-refractivity contribution is 5.94. The summed E-state index contributed by atoms with van der Waals surface area (Å²) in [5.74, 6) is 0.848. The molecule has 0 aromatic heterocycles. The third-order valence-corrected chi connectivity index (χ3v) is 5.10. The number of carbonyl (C=O) groups is 1. The van der Waals surface area contributed by atoms with Crippen LogP contribution in [0.1, 0.15) is 28.8 Å². The van der Waals surface area contributed by atoms with E-state index < -0.39 is 0 Å². The minimum absolute atomic E-state index is 0.0295. The summed E-state index contributed by atoms with van der Waals surface area (Å²) < 4.78 is 5.21. The van der Waals surface area contributed by atoms with Crippen LogP contribution in [0, 0.1) is 0 Å². The molecule has 2 rings (SSSR count). The van der Waals surface area contributed by atoms with Gasteiger partial charge in [0.1, 0.15) is 0 Å². The zero-order valence-electron chi connectivity index (χ0n) is 17.7. The van der Waals surface area contributed by atoms with Crippen LogP contribution in [-0.2, 0) is 11.2 Å². The monoisotopic (exact) mass is 389 g/mol. The van der Waals surface area contributed by atoms with Gasteiger partial charge in [-0.05, 0) is 43.5 Å². The highest BCUT2D eigenvalue weighted by atomic mass is 16.5. The molecule has 1 aliphatic rings. The summed E-state index contributed by atoms with van der Waals surface area (Å²) in [5.41, 5.74) is 1.86. The number of benzene rings is 1. The molecule has 0 bridgehead atoms. The predicted octanol–water partition coefficient (Wildman–Crippen LogP) is 1.21. The van der Waals surface area contributed by atoms with E-state index in [1.807, 2.05) is 18.2 Å². The number of methoxy groups -OCH3 is 1. The molecule has 28 heavy (non-hydrogen) atoms. The first-order valence-corrected chi connectivity index (χ1v) is 10.0. The molecule has 1 atom stereocenters. The van der Waals surface area contributed by atoms with Crippen LogP contribution in [0.3, 0.4) is 0 Å². The fourth-order valence-corrected chi connectivity index (χ4v) is 3.51. The Kier molecular flexibility index (Phi) is 9.23. The number of likely N-dealkylation sites (tertiary alicyclic amines) is 1. The molecule has 0 saturated carbocycles. The molecule has 0 spiro atoms. The second-order valence-corrected chi connectivity index (χ2v) is 7.35. The summed E-state index contributed by atoms with van der Waals surface area (Å²) in [6, 6.07) is 8.34. The largest absolute Gasteiger partial charge is 0.383 e. The summed E-state index contributed by atoms with van der Waals surface area (Å²) in [5, 5.41) is 6.82. The lowest BCUT2D eigenvalue weighted by atomic mass is 10.1. The second kappa shape index (κ2) is 11.7. The van der Waals surface area contributed by atoms with Crippen molar-refractivity contribution in [2.24, 2.45) is 4.99 Å². The van der Waals surface area contributed by atoms with E-state index in [0.29, 0.717) is 6.04 Å². The molecule has 1 aromatic rings. The topological polar surface area (TPSA) is 69.2 Å². The van der Waals surface area contributed by atoms with Crippen LogP contribution < -0.4 is 10.6 Å². The van der Waals surface area contributed by atoms with Crippen LogP contribution in [0.15, 0.2) is 29.3 Å². The molecule has 0 aliphatic carbocycles. The lowest BCUT2D eigenvalue weighted by Crippen LogP contribution is -2.45.